The van der Waals surface area contributed by atoms with Crippen LogP contribution in [0.1, 0.15) is 42.6 Å². The minimum Gasteiger partial charge on any atom is -0.322 e. The highest BCUT2D eigenvalue weighted by atomic mass is 35.5. The molecular formula is C16H21ClFN3. The molecule has 21 heavy (non-hydrogen) atoms. The number of aryl methyl sites for hydroxylation is 1. The van der Waals surface area contributed by atoms with E-state index in [1.54, 1.807) is 6.92 Å². The van der Waals surface area contributed by atoms with Crippen LogP contribution in [0, 0.1) is 12.7 Å². The molecule has 5 heteroatoms. The number of aromatic nitrogens is 2. The quantitative estimate of drug-likeness (QED) is 0.780. The number of rotatable bonds is 2. The summed E-state index contributed by atoms with van der Waals surface area (Å²) in [6.45, 7) is 5.83. The van der Waals surface area contributed by atoms with Crippen molar-refractivity contribution in [3.8, 4) is 0 Å². The van der Waals surface area contributed by atoms with Gasteiger partial charge in [0, 0.05) is 18.7 Å². The number of halogens is 2. The van der Waals surface area contributed by atoms with Gasteiger partial charge in [0.1, 0.15) is 11.6 Å². The summed E-state index contributed by atoms with van der Waals surface area (Å²) in [5.41, 5.74) is 2.35. The molecule has 0 bridgehead atoms. The molecule has 0 amide bonds. The summed E-state index contributed by atoms with van der Waals surface area (Å²) in [5, 5.41) is -0.187. The lowest BCUT2D eigenvalue weighted by Crippen LogP contribution is -2.34. The van der Waals surface area contributed by atoms with E-state index in [1.807, 2.05) is 13.0 Å². The number of likely N-dealkylation sites (N-methyl/N-ethyl adjacent to an activating group) is 1. The van der Waals surface area contributed by atoms with Crippen LogP contribution in [0.15, 0.2) is 12.1 Å². The van der Waals surface area contributed by atoms with E-state index in [4.69, 9.17) is 11.6 Å². The van der Waals surface area contributed by atoms with Crippen LogP contribution in [0.3, 0.4) is 0 Å². The van der Waals surface area contributed by atoms with E-state index in [1.165, 1.54) is 6.07 Å². The number of piperidine rings is 1. The molecule has 0 N–H and O–H groups in total. The first-order valence-corrected chi connectivity index (χ1v) is 7.91. The predicted octanol–water partition coefficient (Wildman–Crippen LogP) is 4.05. The Morgan fingerprint density at radius 1 is 1.43 bits per heavy atom. The summed E-state index contributed by atoms with van der Waals surface area (Å²) < 4.78 is 16.0. The van der Waals surface area contributed by atoms with E-state index >= 15 is 0 Å². The zero-order valence-electron chi connectivity index (χ0n) is 12.7. The SMILES string of the molecule is Cc1cc2c(cc1F)nc(C(C)Cl)n2C1CCCN(C)C1. The topological polar surface area (TPSA) is 21.1 Å². The molecule has 0 spiro atoms. The van der Waals surface area contributed by atoms with Crippen molar-refractivity contribution in [3.05, 3.63) is 29.3 Å². The first-order valence-electron chi connectivity index (χ1n) is 7.48. The smallest absolute Gasteiger partial charge is 0.128 e. The Balaban J connectivity index is 2.17. The van der Waals surface area contributed by atoms with Gasteiger partial charge in [0.05, 0.1) is 16.4 Å². The van der Waals surface area contributed by atoms with Gasteiger partial charge in [0.15, 0.2) is 0 Å². The predicted molar refractivity (Wildman–Crippen MR) is 84.5 cm³/mol. The van der Waals surface area contributed by atoms with Gasteiger partial charge in [-0.15, -0.1) is 11.6 Å². The molecule has 3 rings (SSSR count). The molecule has 1 saturated heterocycles. The van der Waals surface area contributed by atoms with Gasteiger partial charge >= 0.3 is 0 Å². The van der Waals surface area contributed by atoms with E-state index in [0.29, 0.717) is 17.1 Å². The number of nitrogens with zero attached hydrogens (tertiary/aromatic N) is 3. The second kappa shape index (κ2) is 5.58. The summed E-state index contributed by atoms with van der Waals surface area (Å²) in [5.74, 6) is 0.638. The highest BCUT2D eigenvalue weighted by Gasteiger charge is 2.25. The molecular weight excluding hydrogens is 289 g/mol. The van der Waals surface area contributed by atoms with Crippen LogP contribution >= 0.6 is 11.6 Å². The average molecular weight is 310 g/mol. The molecule has 114 valence electrons. The average Bonchev–Trinajstić information content (AvgIpc) is 2.78. The van der Waals surface area contributed by atoms with Crippen molar-refractivity contribution < 1.29 is 4.39 Å². The molecule has 0 radical (unpaired) electrons. The third kappa shape index (κ3) is 2.67. The minimum absolute atomic E-state index is 0.187. The van der Waals surface area contributed by atoms with Crippen LogP contribution in [0.2, 0.25) is 0 Å². The van der Waals surface area contributed by atoms with Crippen LogP contribution in [0.25, 0.3) is 11.0 Å². The Morgan fingerprint density at radius 3 is 2.86 bits per heavy atom. The van der Waals surface area contributed by atoms with Crippen molar-refractivity contribution in [1.82, 2.24) is 14.5 Å². The van der Waals surface area contributed by atoms with Gasteiger partial charge in [0.25, 0.3) is 0 Å². The fourth-order valence-electron chi connectivity index (χ4n) is 3.25. The van der Waals surface area contributed by atoms with Gasteiger partial charge in [-0.05, 0) is 51.9 Å². The van der Waals surface area contributed by atoms with E-state index in [2.05, 4.69) is 21.5 Å². The number of fused-ring (bicyclic) bond motifs is 1. The monoisotopic (exact) mass is 309 g/mol. The number of benzene rings is 1. The maximum Gasteiger partial charge on any atom is 0.128 e. The largest absolute Gasteiger partial charge is 0.322 e. The Hall–Kier alpha value is -1.13. The van der Waals surface area contributed by atoms with Crippen molar-refractivity contribution in [2.45, 2.75) is 38.1 Å². The van der Waals surface area contributed by atoms with Gasteiger partial charge in [-0.1, -0.05) is 0 Å². The zero-order chi connectivity index (χ0) is 15.1. The lowest BCUT2D eigenvalue weighted by atomic mass is 10.1. The Labute approximate surface area is 129 Å². The number of alkyl halides is 1. The van der Waals surface area contributed by atoms with E-state index in [-0.39, 0.29) is 11.2 Å². The molecule has 1 aromatic heterocycles. The van der Waals surface area contributed by atoms with Gasteiger partial charge < -0.3 is 9.47 Å². The summed E-state index contributed by atoms with van der Waals surface area (Å²) in [4.78, 5) is 6.92. The van der Waals surface area contributed by atoms with E-state index < -0.39 is 0 Å². The Kier molecular flexibility index (Phi) is 3.93. The molecule has 0 aliphatic carbocycles. The van der Waals surface area contributed by atoms with Crippen LogP contribution in [0.4, 0.5) is 4.39 Å². The summed E-state index contributed by atoms with van der Waals surface area (Å²) >= 11 is 6.32. The molecule has 2 heterocycles. The zero-order valence-corrected chi connectivity index (χ0v) is 13.5. The lowest BCUT2D eigenvalue weighted by molar-refractivity contribution is 0.212. The maximum atomic E-state index is 13.8. The van der Waals surface area contributed by atoms with Crippen LogP contribution in [0.5, 0.6) is 0 Å². The summed E-state index contributed by atoms with van der Waals surface area (Å²) in [6, 6.07) is 3.78. The van der Waals surface area contributed by atoms with Gasteiger partial charge in [-0.3, -0.25) is 0 Å². The van der Waals surface area contributed by atoms with Crippen LogP contribution < -0.4 is 0 Å². The molecule has 2 unspecified atom stereocenters. The van der Waals surface area contributed by atoms with Crippen molar-refractivity contribution >= 4 is 22.6 Å². The number of imidazole rings is 1. The number of hydrogen-bond donors (Lipinski definition) is 0. The van der Waals surface area contributed by atoms with Crippen molar-refractivity contribution in [3.63, 3.8) is 0 Å². The molecule has 1 aromatic carbocycles. The van der Waals surface area contributed by atoms with Crippen LogP contribution in [-0.4, -0.2) is 34.6 Å². The standard InChI is InChI=1S/C16H21ClFN3/c1-10-7-15-14(8-13(10)18)19-16(11(2)17)21(15)12-5-4-6-20(3)9-12/h7-8,11-12H,4-6,9H2,1-3H3. The first kappa shape index (κ1) is 14.8. The second-order valence-electron chi connectivity index (χ2n) is 6.10. The van der Waals surface area contributed by atoms with Crippen LogP contribution in [-0.2, 0) is 0 Å². The highest BCUT2D eigenvalue weighted by molar-refractivity contribution is 6.20. The number of hydrogen-bond acceptors (Lipinski definition) is 2. The van der Waals surface area contributed by atoms with Crippen molar-refractivity contribution in [2.75, 3.05) is 20.1 Å². The summed E-state index contributed by atoms with van der Waals surface area (Å²) in [7, 11) is 2.14. The summed E-state index contributed by atoms with van der Waals surface area (Å²) in [6.07, 6.45) is 2.28. The normalized spacial score (nSPS) is 21.9. The Morgan fingerprint density at radius 2 is 2.19 bits per heavy atom. The molecule has 3 nitrogen and oxygen atoms in total. The van der Waals surface area contributed by atoms with E-state index in [0.717, 1.165) is 37.3 Å². The molecule has 0 saturated carbocycles. The van der Waals surface area contributed by atoms with Gasteiger partial charge in [-0.25, -0.2) is 9.37 Å². The fraction of sp³-hybridized carbons (Fsp3) is 0.562. The van der Waals surface area contributed by atoms with Crippen molar-refractivity contribution in [1.29, 1.82) is 0 Å². The molecule has 2 atom stereocenters. The highest BCUT2D eigenvalue weighted by Crippen LogP contribution is 2.32. The molecule has 1 aliphatic heterocycles. The van der Waals surface area contributed by atoms with Gasteiger partial charge in [-0.2, -0.15) is 0 Å². The van der Waals surface area contributed by atoms with E-state index in [9.17, 15) is 4.39 Å². The molecule has 1 fully saturated rings. The Bertz CT molecular complexity index is 665. The molecule has 2 aromatic rings. The molecule has 1 aliphatic rings. The minimum atomic E-state index is -0.207. The number of likely N-dealkylation sites (tertiary alicyclic amines) is 1. The third-order valence-electron chi connectivity index (χ3n) is 4.32. The first-order chi connectivity index (χ1) is 9.97. The fourth-order valence-corrected chi connectivity index (χ4v) is 3.41. The lowest BCUT2D eigenvalue weighted by Gasteiger charge is -2.32. The second-order valence-corrected chi connectivity index (χ2v) is 6.76. The third-order valence-corrected chi connectivity index (χ3v) is 4.51. The maximum absolute atomic E-state index is 13.8. The van der Waals surface area contributed by atoms with Crippen molar-refractivity contribution in [2.24, 2.45) is 0 Å². The van der Waals surface area contributed by atoms with Gasteiger partial charge in [0.2, 0.25) is 0 Å².